The lowest BCUT2D eigenvalue weighted by molar-refractivity contribution is -0.137. The van der Waals surface area contributed by atoms with Gasteiger partial charge in [0.2, 0.25) is 22.2 Å². The Morgan fingerprint density at radius 3 is 2.79 bits per heavy atom. The van der Waals surface area contributed by atoms with Crippen molar-refractivity contribution >= 4 is 40.1 Å². The van der Waals surface area contributed by atoms with Gasteiger partial charge in [-0.1, -0.05) is 36.9 Å². The van der Waals surface area contributed by atoms with Crippen LogP contribution in [-0.2, 0) is 15.3 Å². The van der Waals surface area contributed by atoms with Crippen molar-refractivity contribution in [2.24, 2.45) is 5.92 Å². The monoisotopic (exact) mass is 369 g/mol. The number of amides is 1. The molecular formula is C14H15N3O5S2. The molecule has 0 aliphatic rings. The highest BCUT2D eigenvalue weighted by Crippen LogP contribution is 2.28. The molecule has 128 valence electrons. The quantitative estimate of drug-likeness (QED) is 0.469. The summed E-state index contributed by atoms with van der Waals surface area (Å²) in [5, 5.41) is 10.7. The van der Waals surface area contributed by atoms with Crippen molar-refractivity contribution in [3.8, 4) is 5.75 Å². The van der Waals surface area contributed by atoms with E-state index < -0.39 is 11.4 Å². The fourth-order valence-corrected chi connectivity index (χ4v) is 3.11. The number of ether oxygens (including phenoxy) is 1. The number of hydrogen-bond acceptors (Lipinski definition) is 9. The van der Waals surface area contributed by atoms with Crippen LogP contribution in [0, 0.1) is 5.92 Å². The summed E-state index contributed by atoms with van der Waals surface area (Å²) in [6.45, 7) is 4.73. The highest BCUT2D eigenvalue weighted by Gasteiger charge is 2.14. The Bertz CT molecular complexity index is 800. The van der Waals surface area contributed by atoms with E-state index in [2.05, 4.69) is 15.5 Å². The van der Waals surface area contributed by atoms with Gasteiger partial charge in [0.05, 0.1) is 11.7 Å². The lowest BCUT2D eigenvalue weighted by Gasteiger charge is -2.05. The summed E-state index contributed by atoms with van der Waals surface area (Å²) in [5.41, 5.74) is -0.429. The van der Waals surface area contributed by atoms with Crippen molar-refractivity contribution in [1.82, 2.24) is 10.2 Å². The number of nitrogens with zero attached hydrogens (tertiary/aromatic N) is 2. The molecule has 1 N–H and O–H groups in total. The second-order valence-corrected chi connectivity index (χ2v) is 7.19. The van der Waals surface area contributed by atoms with Crippen LogP contribution in [0.25, 0.3) is 0 Å². The van der Waals surface area contributed by atoms with Gasteiger partial charge in [0.25, 0.3) is 0 Å². The van der Waals surface area contributed by atoms with Gasteiger partial charge in [0.15, 0.2) is 4.34 Å². The number of esters is 1. The van der Waals surface area contributed by atoms with E-state index in [0.717, 1.165) is 6.26 Å². The van der Waals surface area contributed by atoms with Gasteiger partial charge in [0, 0.05) is 13.0 Å². The summed E-state index contributed by atoms with van der Waals surface area (Å²) in [5.74, 6) is -0.432. The van der Waals surface area contributed by atoms with Gasteiger partial charge in [-0.15, -0.1) is 10.2 Å². The third kappa shape index (κ3) is 5.17. The minimum atomic E-state index is -0.496. The molecule has 24 heavy (non-hydrogen) atoms. The van der Waals surface area contributed by atoms with Crippen LogP contribution in [0.3, 0.4) is 0 Å². The van der Waals surface area contributed by atoms with Gasteiger partial charge in [-0.2, -0.15) is 0 Å². The predicted molar refractivity (Wildman–Crippen MR) is 89.2 cm³/mol. The number of aromatic nitrogens is 2. The van der Waals surface area contributed by atoms with Gasteiger partial charge in [-0.25, -0.2) is 0 Å². The van der Waals surface area contributed by atoms with E-state index in [1.807, 2.05) is 0 Å². The average Bonchev–Trinajstić information content (AvgIpc) is 2.94. The molecule has 0 aliphatic heterocycles. The Kier molecular flexibility index (Phi) is 6.10. The number of thioether (sulfide) groups is 1. The Morgan fingerprint density at radius 2 is 2.17 bits per heavy atom. The standard InChI is InChI=1S/C14H15N3O5S2/c1-7(2)12(20)22-11-5-21-9(4-10(11)19)6-23-14-17-16-13(24-14)15-8(3)18/h4-5,7H,6H2,1-3H3,(H,15,16,18). The SMILES string of the molecule is CC(=O)Nc1nnc(SCc2cc(=O)c(OC(=O)C(C)C)co2)s1. The maximum Gasteiger partial charge on any atom is 0.314 e. The topological polar surface area (TPSA) is 111 Å². The average molecular weight is 369 g/mol. The summed E-state index contributed by atoms with van der Waals surface area (Å²) in [6, 6.07) is 1.27. The van der Waals surface area contributed by atoms with Gasteiger partial charge >= 0.3 is 5.97 Å². The summed E-state index contributed by atoms with van der Waals surface area (Å²) in [6.07, 6.45) is 1.13. The third-order valence-electron chi connectivity index (χ3n) is 2.56. The summed E-state index contributed by atoms with van der Waals surface area (Å²) >= 11 is 2.53. The second kappa shape index (κ2) is 8.06. The molecular weight excluding hydrogens is 354 g/mol. The predicted octanol–water partition coefficient (Wildman–Crippen LogP) is 2.30. The van der Waals surface area contributed by atoms with Crippen LogP contribution in [0.1, 0.15) is 26.5 Å². The van der Waals surface area contributed by atoms with Crippen LogP contribution in [0.2, 0.25) is 0 Å². The number of anilines is 1. The second-order valence-electron chi connectivity index (χ2n) is 4.99. The zero-order valence-electron chi connectivity index (χ0n) is 13.2. The first-order chi connectivity index (χ1) is 11.3. The van der Waals surface area contributed by atoms with Crippen LogP contribution in [0.4, 0.5) is 5.13 Å². The van der Waals surface area contributed by atoms with E-state index in [1.54, 1.807) is 13.8 Å². The van der Waals surface area contributed by atoms with E-state index in [-0.39, 0.29) is 17.6 Å². The smallest absolute Gasteiger partial charge is 0.314 e. The van der Waals surface area contributed by atoms with Crippen molar-refractivity contribution in [3.63, 3.8) is 0 Å². The summed E-state index contributed by atoms with van der Waals surface area (Å²) in [4.78, 5) is 34.3. The number of carbonyl (C=O) groups is 2. The molecule has 10 heteroatoms. The maximum absolute atomic E-state index is 11.9. The fraction of sp³-hybridized carbons (Fsp3) is 0.357. The Labute approximate surface area is 145 Å². The molecule has 2 rings (SSSR count). The van der Waals surface area contributed by atoms with E-state index in [1.165, 1.54) is 36.1 Å². The van der Waals surface area contributed by atoms with Crippen molar-refractivity contribution in [1.29, 1.82) is 0 Å². The molecule has 0 aromatic carbocycles. The highest BCUT2D eigenvalue weighted by molar-refractivity contribution is 8.00. The van der Waals surface area contributed by atoms with Gasteiger partial charge in [0.1, 0.15) is 12.0 Å². The first kappa shape index (κ1) is 18.1. The highest BCUT2D eigenvalue weighted by atomic mass is 32.2. The largest absolute Gasteiger partial charge is 0.464 e. The zero-order chi connectivity index (χ0) is 17.7. The van der Waals surface area contributed by atoms with Crippen LogP contribution in [-0.4, -0.2) is 22.1 Å². The maximum atomic E-state index is 11.9. The van der Waals surface area contributed by atoms with Crippen LogP contribution in [0.15, 0.2) is 25.9 Å². The molecule has 0 aliphatic carbocycles. The van der Waals surface area contributed by atoms with Gasteiger partial charge < -0.3 is 14.5 Å². The lowest BCUT2D eigenvalue weighted by Crippen LogP contribution is -2.18. The number of rotatable bonds is 6. The molecule has 0 spiro atoms. The molecule has 2 aromatic heterocycles. The van der Waals surface area contributed by atoms with Crippen molar-refractivity contribution in [2.75, 3.05) is 5.32 Å². The van der Waals surface area contributed by atoms with E-state index in [4.69, 9.17) is 9.15 Å². The summed E-state index contributed by atoms with van der Waals surface area (Å²) < 4.78 is 10.9. The molecule has 0 radical (unpaired) electrons. The minimum absolute atomic E-state index is 0.133. The lowest BCUT2D eigenvalue weighted by atomic mass is 10.2. The van der Waals surface area contributed by atoms with E-state index in [0.29, 0.717) is 21.0 Å². The molecule has 8 nitrogen and oxygen atoms in total. The van der Waals surface area contributed by atoms with Crippen LogP contribution in [0.5, 0.6) is 5.75 Å². The molecule has 0 fully saturated rings. The van der Waals surface area contributed by atoms with Crippen molar-refractivity contribution in [2.45, 2.75) is 30.9 Å². The van der Waals surface area contributed by atoms with Gasteiger partial charge in [-0.3, -0.25) is 14.4 Å². The number of nitrogens with one attached hydrogen (secondary N) is 1. The molecule has 2 aromatic rings. The van der Waals surface area contributed by atoms with Crippen molar-refractivity contribution in [3.05, 3.63) is 28.3 Å². The third-order valence-corrected chi connectivity index (χ3v) is 4.56. The molecule has 2 heterocycles. The molecule has 0 bridgehead atoms. The first-order valence-electron chi connectivity index (χ1n) is 6.92. The number of carbonyl (C=O) groups excluding carboxylic acids is 2. The molecule has 0 saturated carbocycles. The molecule has 1 amide bonds. The molecule has 0 unspecified atom stereocenters. The molecule has 0 saturated heterocycles. The fourth-order valence-electron chi connectivity index (χ4n) is 1.42. The zero-order valence-corrected chi connectivity index (χ0v) is 14.8. The molecule has 0 atom stereocenters. The van der Waals surface area contributed by atoms with E-state index in [9.17, 15) is 14.4 Å². The summed E-state index contributed by atoms with van der Waals surface area (Å²) in [7, 11) is 0. The van der Waals surface area contributed by atoms with Gasteiger partial charge in [-0.05, 0) is 0 Å². The van der Waals surface area contributed by atoms with Crippen LogP contribution < -0.4 is 15.5 Å². The normalized spacial score (nSPS) is 10.7. The Morgan fingerprint density at radius 1 is 1.42 bits per heavy atom. The van der Waals surface area contributed by atoms with E-state index >= 15 is 0 Å². The Balaban J connectivity index is 1.97. The van der Waals surface area contributed by atoms with Crippen LogP contribution >= 0.6 is 23.1 Å². The number of hydrogen-bond donors (Lipinski definition) is 1. The minimum Gasteiger partial charge on any atom is -0.464 e. The first-order valence-corrected chi connectivity index (χ1v) is 8.72. The van der Waals surface area contributed by atoms with Crippen molar-refractivity contribution < 1.29 is 18.7 Å². The Hall–Kier alpha value is -2.20.